The predicted octanol–water partition coefficient (Wildman–Crippen LogP) is 3.85. The van der Waals surface area contributed by atoms with E-state index in [4.69, 9.17) is 21.7 Å². The average molecular weight is 410 g/mol. The first-order valence-corrected chi connectivity index (χ1v) is 9.62. The molecule has 0 amide bonds. The molecule has 150 valence electrons. The van der Waals surface area contributed by atoms with Gasteiger partial charge in [-0.1, -0.05) is 11.6 Å². The van der Waals surface area contributed by atoms with Crippen LogP contribution >= 0.6 is 11.6 Å². The van der Waals surface area contributed by atoms with Crippen molar-refractivity contribution in [1.29, 1.82) is 5.41 Å². The molecule has 7 heteroatoms. The average Bonchev–Trinajstić information content (AvgIpc) is 2.71. The highest BCUT2D eigenvalue weighted by molar-refractivity contribution is 6.31. The highest BCUT2D eigenvalue weighted by Gasteiger charge is 2.13. The van der Waals surface area contributed by atoms with Gasteiger partial charge in [0.05, 0.1) is 16.7 Å². The van der Waals surface area contributed by atoms with E-state index in [1.165, 1.54) is 0 Å². The third-order valence-electron chi connectivity index (χ3n) is 4.32. The van der Waals surface area contributed by atoms with Gasteiger partial charge < -0.3 is 15.0 Å². The van der Waals surface area contributed by atoms with Crippen molar-refractivity contribution in [2.75, 3.05) is 34.3 Å². The summed E-state index contributed by atoms with van der Waals surface area (Å²) in [5, 5.41) is 12.1. The summed E-state index contributed by atoms with van der Waals surface area (Å²) in [7, 11) is 5.82. The van der Waals surface area contributed by atoms with Crippen LogP contribution in [0.15, 0.2) is 54.9 Å². The Morgan fingerprint density at radius 1 is 1.14 bits per heavy atom. The standard InChI is InChI=1S/C22H24ClN5O/c1-25-14-18(16-12-20-19(26-13-16)8-9-21(23)27-20)22(24)15-4-6-17(7-5-15)29-11-10-28(2)3/h4-9,12-14,24-25H,10-11H2,1-3H3/b18-14-,24-22?. The van der Waals surface area contributed by atoms with E-state index in [9.17, 15) is 0 Å². The summed E-state index contributed by atoms with van der Waals surface area (Å²) in [5.74, 6) is 0.786. The fraction of sp³-hybridized carbons (Fsp3) is 0.227. The monoisotopic (exact) mass is 409 g/mol. The van der Waals surface area contributed by atoms with Crippen molar-refractivity contribution in [2.24, 2.45) is 0 Å². The number of allylic oxidation sites excluding steroid dienone is 1. The molecule has 2 heterocycles. The minimum atomic E-state index is 0.377. The first-order valence-electron chi connectivity index (χ1n) is 9.25. The van der Waals surface area contributed by atoms with Crippen LogP contribution in [-0.4, -0.2) is 54.9 Å². The second-order valence-corrected chi connectivity index (χ2v) is 7.18. The molecule has 0 aliphatic carbocycles. The molecular formula is C22H24ClN5O. The Balaban J connectivity index is 1.84. The minimum Gasteiger partial charge on any atom is -0.492 e. The SMILES string of the molecule is CN/C=C(\C(=N)c1ccc(OCCN(C)C)cc1)c1cnc2ccc(Cl)nc2c1. The van der Waals surface area contributed by atoms with Crippen LogP contribution in [0.1, 0.15) is 11.1 Å². The first-order chi connectivity index (χ1) is 14.0. The zero-order valence-electron chi connectivity index (χ0n) is 16.7. The summed E-state index contributed by atoms with van der Waals surface area (Å²) >= 11 is 6.02. The molecule has 0 aliphatic heterocycles. The van der Waals surface area contributed by atoms with Crippen molar-refractivity contribution in [3.63, 3.8) is 0 Å². The summed E-state index contributed by atoms with van der Waals surface area (Å²) in [4.78, 5) is 10.8. The Labute approximate surface area is 175 Å². The molecule has 1 aromatic carbocycles. The maximum Gasteiger partial charge on any atom is 0.129 e. The molecule has 0 fully saturated rings. The van der Waals surface area contributed by atoms with Gasteiger partial charge in [0.1, 0.15) is 17.5 Å². The van der Waals surface area contributed by atoms with Gasteiger partial charge >= 0.3 is 0 Å². The van der Waals surface area contributed by atoms with Crippen molar-refractivity contribution >= 4 is 33.9 Å². The molecule has 3 aromatic rings. The molecule has 0 radical (unpaired) electrons. The molecule has 0 aliphatic rings. The quantitative estimate of drug-likeness (QED) is 0.436. The molecule has 29 heavy (non-hydrogen) atoms. The lowest BCUT2D eigenvalue weighted by molar-refractivity contribution is 0.261. The van der Waals surface area contributed by atoms with E-state index in [-0.39, 0.29) is 0 Å². The maximum absolute atomic E-state index is 8.71. The van der Waals surface area contributed by atoms with Gasteiger partial charge in [-0.05, 0) is 56.6 Å². The number of aromatic nitrogens is 2. The smallest absolute Gasteiger partial charge is 0.129 e. The number of likely N-dealkylation sites (N-methyl/N-ethyl adjacent to an activating group) is 1. The molecule has 0 unspecified atom stereocenters. The van der Waals surface area contributed by atoms with Gasteiger partial charge in [-0.25, -0.2) is 4.98 Å². The first kappa shape index (κ1) is 20.8. The van der Waals surface area contributed by atoms with Crippen LogP contribution in [0.25, 0.3) is 16.6 Å². The fourth-order valence-electron chi connectivity index (χ4n) is 2.79. The Morgan fingerprint density at radius 3 is 2.59 bits per heavy atom. The molecule has 2 N–H and O–H groups in total. The van der Waals surface area contributed by atoms with E-state index in [1.807, 2.05) is 50.5 Å². The lowest BCUT2D eigenvalue weighted by Crippen LogP contribution is -2.19. The van der Waals surface area contributed by atoms with Crippen LogP contribution in [-0.2, 0) is 0 Å². The van der Waals surface area contributed by atoms with Crippen LogP contribution in [0.4, 0.5) is 0 Å². The molecular weight excluding hydrogens is 386 g/mol. The third kappa shape index (κ3) is 5.31. The zero-order chi connectivity index (χ0) is 20.8. The Kier molecular flexibility index (Phi) is 6.80. The largest absolute Gasteiger partial charge is 0.492 e. The second-order valence-electron chi connectivity index (χ2n) is 6.79. The Morgan fingerprint density at radius 2 is 1.90 bits per heavy atom. The number of pyridine rings is 2. The molecule has 0 spiro atoms. The molecule has 3 rings (SSSR count). The number of hydrogen-bond acceptors (Lipinski definition) is 6. The van der Waals surface area contributed by atoms with E-state index in [1.54, 1.807) is 25.5 Å². The predicted molar refractivity (Wildman–Crippen MR) is 119 cm³/mol. The summed E-state index contributed by atoms with van der Waals surface area (Å²) in [5.41, 5.74) is 4.11. The van der Waals surface area contributed by atoms with Crippen LogP contribution in [0.2, 0.25) is 5.15 Å². The number of benzene rings is 1. The van der Waals surface area contributed by atoms with E-state index in [0.717, 1.165) is 28.9 Å². The van der Waals surface area contributed by atoms with Crippen molar-refractivity contribution in [3.8, 4) is 5.75 Å². The van der Waals surface area contributed by atoms with Gasteiger partial charge in [0.15, 0.2) is 0 Å². The van der Waals surface area contributed by atoms with Gasteiger partial charge in [-0.2, -0.15) is 0 Å². The maximum atomic E-state index is 8.71. The molecule has 0 bridgehead atoms. The van der Waals surface area contributed by atoms with Crippen LogP contribution < -0.4 is 10.1 Å². The summed E-state index contributed by atoms with van der Waals surface area (Å²) in [6.45, 7) is 1.46. The third-order valence-corrected chi connectivity index (χ3v) is 4.53. The summed E-state index contributed by atoms with van der Waals surface area (Å²) in [6, 6.07) is 13.0. The summed E-state index contributed by atoms with van der Waals surface area (Å²) < 4.78 is 5.73. The number of halogens is 1. The van der Waals surface area contributed by atoms with E-state index in [2.05, 4.69) is 20.2 Å². The van der Waals surface area contributed by atoms with E-state index in [0.29, 0.717) is 28.6 Å². The van der Waals surface area contributed by atoms with Gasteiger partial charge in [0.25, 0.3) is 0 Å². The van der Waals surface area contributed by atoms with Crippen molar-refractivity contribution < 1.29 is 4.74 Å². The zero-order valence-corrected chi connectivity index (χ0v) is 17.5. The van der Waals surface area contributed by atoms with Crippen molar-refractivity contribution in [3.05, 3.63) is 71.1 Å². The molecule has 0 atom stereocenters. The van der Waals surface area contributed by atoms with Crippen LogP contribution in [0, 0.1) is 5.41 Å². The van der Waals surface area contributed by atoms with E-state index < -0.39 is 0 Å². The normalized spacial score (nSPS) is 11.7. The molecule has 2 aromatic heterocycles. The number of ether oxygens (including phenoxy) is 1. The van der Waals surface area contributed by atoms with Crippen LogP contribution in [0.5, 0.6) is 5.75 Å². The van der Waals surface area contributed by atoms with Gasteiger partial charge in [-0.3, -0.25) is 10.4 Å². The van der Waals surface area contributed by atoms with Gasteiger partial charge in [0.2, 0.25) is 0 Å². The van der Waals surface area contributed by atoms with Gasteiger partial charge in [-0.15, -0.1) is 0 Å². The highest BCUT2D eigenvalue weighted by Crippen LogP contribution is 2.23. The molecule has 0 saturated carbocycles. The number of hydrogen-bond donors (Lipinski definition) is 2. The number of nitrogens with zero attached hydrogens (tertiary/aromatic N) is 3. The Hall–Kier alpha value is -2.96. The topological polar surface area (TPSA) is 74.1 Å². The molecule has 0 saturated heterocycles. The van der Waals surface area contributed by atoms with Crippen molar-refractivity contribution in [2.45, 2.75) is 0 Å². The van der Waals surface area contributed by atoms with Gasteiger partial charge in [0, 0.05) is 42.7 Å². The van der Waals surface area contributed by atoms with E-state index >= 15 is 0 Å². The Bertz CT molecular complexity index is 1030. The minimum absolute atomic E-state index is 0.377. The number of nitrogens with one attached hydrogen (secondary N) is 2. The lowest BCUT2D eigenvalue weighted by Gasteiger charge is -2.13. The number of fused-ring (bicyclic) bond motifs is 1. The molecule has 6 nitrogen and oxygen atoms in total. The summed E-state index contributed by atoms with van der Waals surface area (Å²) in [6.07, 6.45) is 3.53. The second kappa shape index (κ2) is 9.49. The van der Waals surface area contributed by atoms with Crippen LogP contribution in [0.3, 0.4) is 0 Å². The highest BCUT2D eigenvalue weighted by atomic mass is 35.5. The fourth-order valence-corrected chi connectivity index (χ4v) is 2.95. The number of rotatable bonds is 8. The lowest BCUT2D eigenvalue weighted by atomic mass is 9.97. The van der Waals surface area contributed by atoms with Crippen molar-refractivity contribution in [1.82, 2.24) is 20.2 Å².